The van der Waals surface area contributed by atoms with E-state index >= 15 is 0 Å². The predicted octanol–water partition coefficient (Wildman–Crippen LogP) is 4.37. The van der Waals surface area contributed by atoms with Crippen molar-refractivity contribution in [3.05, 3.63) is 41.9 Å². The first-order chi connectivity index (χ1) is 12.7. The highest BCUT2D eigenvalue weighted by atomic mass is 32.2. The van der Waals surface area contributed by atoms with Crippen LogP contribution in [0.1, 0.15) is 54.5 Å². The number of carbonyl (C=O) groups is 1. The standard InChI is InChI=1S/C20H29N3O2S/c1-3-4-10-26-14-18-11-19(25-16(18)2)20(24)23-8-5-6-17(13-23)12-22-9-7-21-15-22/h7,9,11,15,17H,3-6,8,10,12-14H2,1-2H3/t17-/m0/s1. The van der Waals surface area contributed by atoms with Gasteiger partial charge in [-0.25, -0.2) is 4.98 Å². The largest absolute Gasteiger partial charge is 0.456 e. The third-order valence-electron chi connectivity index (χ3n) is 4.97. The number of likely N-dealkylation sites (tertiary alicyclic amines) is 1. The molecule has 0 bridgehead atoms. The van der Waals surface area contributed by atoms with E-state index in [2.05, 4.69) is 16.5 Å². The number of amides is 1. The number of hydrogen-bond donors (Lipinski definition) is 0. The molecule has 1 fully saturated rings. The Labute approximate surface area is 160 Å². The zero-order valence-electron chi connectivity index (χ0n) is 15.8. The second-order valence-electron chi connectivity index (χ2n) is 7.12. The number of thioether (sulfide) groups is 1. The van der Waals surface area contributed by atoms with E-state index in [1.807, 2.05) is 42.2 Å². The molecule has 142 valence electrons. The van der Waals surface area contributed by atoms with Gasteiger partial charge in [-0.3, -0.25) is 4.79 Å². The summed E-state index contributed by atoms with van der Waals surface area (Å²) in [5, 5.41) is 0. The average molecular weight is 376 g/mol. The van der Waals surface area contributed by atoms with Crippen molar-refractivity contribution < 1.29 is 9.21 Å². The van der Waals surface area contributed by atoms with Crippen LogP contribution in [0.3, 0.4) is 0 Å². The molecule has 1 atom stereocenters. The molecule has 0 spiro atoms. The molecule has 1 aliphatic rings. The van der Waals surface area contributed by atoms with Crippen LogP contribution in [0.15, 0.2) is 29.2 Å². The molecule has 0 aromatic carbocycles. The van der Waals surface area contributed by atoms with Crippen molar-refractivity contribution in [3.8, 4) is 0 Å². The number of nitrogens with zero attached hydrogens (tertiary/aromatic N) is 3. The Morgan fingerprint density at radius 1 is 1.46 bits per heavy atom. The summed E-state index contributed by atoms with van der Waals surface area (Å²) in [6, 6.07) is 1.95. The van der Waals surface area contributed by atoms with Gasteiger partial charge in [0, 0.05) is 43.3 Å². The van der Waals surface area contributed by atoms with Gasteiger partial charge in [0.25, 0.3) is 5.91 Å². The van der Waals surface area contributed by atoms with Crippen molar-refractivity contribution in [1.82, 2.24) is 14.5 Å². The summed E-state index contributed by atoms with van der Waals surface area (Å²) in [5.41, 5.74) is 1.15. The number of aromatic nitrogens is 2. The number of hydrogen-bond acceptors (Lipinski definition) is 4. The summed E-state index contributed by atoms with van der Waals surface area (Å²) >= 11 is 1.91. The van der Waals surface area contributed by atoms with Crippen molar-refractivity contribution in [2.24, 2.45) is 5.92 Å². The number of furan rings is 1. The third kappa shape index (κ3) is 4.93. The molecule has 3 heterocycles. The molecule has 1 amide bonds. The number of rotatable bonds is 8. The van der Waals surface area contributed by atoms with Gasteiger partial charge in [-0.1, -0.05) is 13.3 Å². The highest BCUT2D eigenvalue weighted by Gasteiger charge is 2.27. The van der Waals surface area contributed by atoms with E-state index < -0.39 is 0 Å². The van der Waals surface area contributed by atoms with Crippen molar-refractivity contribution >= 4 is 17.7 Å². The Morgan fingerprint density at radius 2 is 2.35 bits per heavy atom. The van der Waals surface area contributed by atoms with Crippen LogP contribution >= 0.6 is 11.8 Å². The molecular formula is C20H29N3O2S. The zero-order valence-corrected chi connectivity index (χ0v) is 16.6. The maximum atomic E-state index is 12.9. The van der Waals surface area contributed by atoms with Gasteiger partial charge in [0.15, 0.2) is 5.76 Å². The molecule has 5 nitrogen and oxygen atoms in total. The second-order valence-corrected chi connectivity index (χ2v) is 8.22. The van der Waals surface area contributed by atoms with Crippen LogP contribution in [0.2, 0.25) is 0 Å². The fraction of sp³-hybridized carbons (Fsp3) is 0.600. The van der Waals surface area contributed by atoms with Crippen LogP contribution < -0.4 is 0 Å². The lowest BCUT2D eigenvalue weighted by Gasteiger charge is -2.32. The molecule has 0 unspecified atom stereocenters. The topological polar surface area (TPSA) is 51.3 Å². The molecule has 26 heavy (non-hydrogen) atoms. The van der Waals surface area contributed by atoms with E-state index in [0.29, 0.717) is 11.7 Å². The lowest BCUT2D eigenvalue weighted by atomic mass is 9.97. The van der Waals surface area contributed by atoms with Gasteiger partial charge < -0.3 is 13.9 Å². The van der Waals surface area contributed by atoms with Gasteiger partial charge in [0.2, 0.25) is 0 Å². The van der Waals surface area contributed by atoms with Crippen LogP contribution in [0.5, 0.6) is 0 Å². The summed E-state index contributed by atoms with van der Waals surface area (Å²) < 4.78 is 7.91. The lowest BCUT2D eigenvalue weighted by molar-refractivity contribution is 0.0629. The maximum Gasteiger partial charge on any atom is 0.289 e. The van der Waals surface area contributed by atoms with Gasteiger partial charge in [-0.05, 0) is 43.9 Å². The summed E-state index contributed by atoms with van der Waals surface area (Å²) in [6.07, 6.45) is 10.3. The van der Waals surface area contributed by atoms with E-state index in [9.17, 15) is 4.79 Å². The van der Waals surface area contributed by atoms with Gasteiger partial charge in [0.1, 0.15) is 5.76 Å². The Balaban J connectivity index is 1.57. The van der Waals surface area contributed by atoms with E-state index in [1.54, 1.807) is 6.20 Å². The Bertz CT molecular complexity index is 696. The first kappa shape index (κ1) is 19.1. The number of aryl methyl sites for hydroxylation is 1. The molecule has 1 saturated heterocycles. The van der Waals surface area contributed by atoms with E-state index in [0.717, 1.165) is 55.3 Å². The van der Waals surface area contributed by atoms with Crippen molar-refractivity contribution in [3.63, 3.8) is 0 Å². The third-order valence-corrected chi connectivity index (χ3v) is 6.06. The highest BCUT2D eigenvalue weighted by molar-refractivity contribution is 7.98. The minimum atomic E-state index is 0.0354. The lowest BCUT2D eigenvalue weighted by Crippen LogP contribution is -2.40. The summed E-state index contributed by atoms with van der Waals surface area (Å²) in [7, 11) is 0. The molecule has 3 rings (SSSR count). The van der Waals surface area contributed by atoms with Crippen molar-refractivity contribution in [2.75, 3.05) is 18.8 Å². The van der Waals surface area contributed by atoms with Crippen LogP contribution in [0, 0.1) is 12.8 Å². The van der Waals surface area contributed by atoms with Crippen LogP contribution in [-0.2, 0) is 12.3 Å². The Morgan fingerprint density at radius 3 is 3.12 bits per heavy atom. The Kier molecular flexibility index (Phi) is 6.83. The summed E-state index contributed by atoms with van der Waals surface area (Å²) in [5.74, 6) is 3.97. The average Bonchev–Trinajstić information content (AvgIpc) is 3.28. The van der Waals surface area contributed by atoms with Crippen LogP contribution in [-0.4, -0.2) is 39.2 Å². The minimum absolute atomic E-state index is 0.0354. The fourth-order valence-corrected chi connectivity index (χ4v) is 4.59. The van der Waals surface area contributed by atoms with E-state index in [1.165, 1.54) is 12.8 Å². The predicted molar refractivity (Wildman–Crippen MR) is 105 cm³/mol. The first-order valence-electron chi connectivity index (χ1n) is 9.59. The highest BCUT2D eigenvalue weighted by Crippen LogP contribution is 2.24. The zero-order chi connectivity index (χ0) is 18.4. The Hall–Kier alpha value is -1.69. The first-order valence-corrected chi connectivity index (χ1v) is 10.7. The molecule has 1 aliphatic heterocycles. The molecule has 0 N–H and O–H groups in total. The molecule has 2 aromatic rings. The molecule has 2 aromatic heterocycles. The van der Waals surface area contributed by atoms with Gasteiger partial charge >= 0.3 is 0 Å². The van der Waals surface area contributed by atoms with Crippen molar-refractivity contribution in [2.45, 2.75) is 51.8 Å². The van der Waals surface area contributed by atoms with Gasteiger partial charge in [-0.15, -0.1) is 0 Å². The van der Waals surface area contributed by atoms with Crippen LogP contribution in [0.25, 0.3) is 0 Å². The van der Waals surface area contributed by atoms with Gasteiger partial charge in [-0.2, -0.15) is 11.8 Å². The molecule has 0 radical (unpaired) electrons. The van der Waals surface area contributed by atoms with Crippen LogP contribution in [0.4, 0.5) is 0 Å². The van der Waals surface area contributed by atoms with Gasteiger partial charge in [0.05, 0.1) is 6.33 Å². The smallest absolute Gasteiger partial charge is 0.289 e. The van der Waals surface area contributed by atoms with Crippen molar-refractivity contribution in [1.29, 1.82) is 0 Å². The number of unbranched alkanes of at least 4 members (excludes halogenated alkanes) is 1. The molecule has 6 heteroatoms. The quantitative estimate of drug-likeness (QED) is 0.643. The monoisotopic (exact) mass is 375 g/mol. The second kappa shape index (κ2) is 9.31. The SMILES string of the molecule is CCCCSCc1cc(C(=O)N2CCC[C@@H](Cn3ccnc3)C2)oc1C. The summed E-state index contributed by atoms with van der Waals surface area (Å²) in [4.78, 5) is 19.0. The fourth-order valence-electron chi connectivity index (χ4n) is 3.44. The molecule has 0 saturated carbocycles. The molecule has 0 aliphatic carbocycles. The normalized spacial score (nSPS) is 17.6. The van der Waals surface area contributed by atoms with E-state index in [4.69, 9.17) is 4.42 Å². The van der Waals surface area contributed by atoms with E-state index in [-0.39, 0.29) is 5.91 Å². The number of piperidine rings is 1. The molecular weight excluding hydrogens is 346 g/mol. The maximum absolute atomic E-state index is 12.9. The summed E-state index contributed by atoms with van der Waals surface area (Å²) in [6.45, 7) is 6.70. The number of imidazole rings is 1. The number of carbonyl (C=O) groups excluding carboxylic acids is 1. The minimum Gasteiger partial charge on any atom is -0.456 e.